The van der Waals surface area contributed by atoms with Gasteiger partial charge in [0.15, 0.2) is 5.82 Å². The molecule has 0 saturated carbocycles. The van der Waals surface area contributed by atoms with Gasteiger partial charge < -0.3 is 16.2 Å². The first-order valence-corrected chi connectivity index (χ1v) is 7.56. The molecule has 1 atom stereocenters. The van der Waals surface area contributed by atoms with Crippen LogP contribution in [0.5, 0.6) is 5.75 Å². The zero-order valence-electron chi connectivity index (χ0n) is 10.8. The second kappa shape index (κ2) is 6.97. The van der Waals surface area contributed by atoms with Crippen LogP contribution in [-0.2, 0) is 11.2 Å². The van der Waals surface area contributed by atoms with Crippen molar-refractivity contribution in [2.24, 2.45) is 5.73 Å². The highest BCUT2D eigenvalue weighted by Gasteiger charge is 2.16. The van der Waals surface area contributed by atoms with Crippen LogP contribution in [-0.4, -0.2) is 27.0 Å². The van der Waals surface area contributed by atoms with E-state index in [4.69, 9.17) is 5.73 Å². The molecule has 0 aliphatic heterocycles. The van der Waals surface area contributed by atoms with E-state index in [1.54, 1.807) is 24.3 Å². The normalized spacial score (nSPS) is 12.0. The van der Waals surface area contributed by atoms with Crippen LogP contribution in [0.1, 0.15) is 5.56 Å². The van der Waals surface area contributed by atoms with E-state index in [-0.39, 0.29) is 11.7 Å². The maximum Gasteiger partial charge on any atom is 0.242 e. The summed E-state index contributed by atoms with van der Waals surface area (Å²) >= 11 is 6.39. The summed E-state index contributed by atoms with van der Waals surface area (Å²) in [6.07, 6.45) is 1.83. The van der Waals surface area contributed by atoms with Crippen LogP contribution < -0.4 is 11.1 Å². The molecule has 2 rings (SSSR count). The lowest BCUT2D eigenvalue weighted by atomic mass is 10.1. The van der Waals surface area contributed by atoms with Crippen molar-refractivity contribution in [3.63, 3.8) is 0 Å². The number of nitrogens with two attached hydrogens (primary N) is 1. The van der Waals surface area contributed by atoms with E-state index in [1.165, 1.54) is 6.20 Å². The molecule has 0 spiro atoms. The Labute approximate surface area is 138 Å². The Morgan fingerprint density at radius 1 is 1.33 bits per heavy atom. The van der Waals surface area contributed by atoms with Gasteiger partial charge in [-0.2, -0.15) is 0 Å². The van der Waals surface area contributed by atoms with E-state index in [2.05, 4.69) is 47.1 Å². The Bertz CT molecular complexity index is 649. The van der Waals surface area contributed by atoms with E-state index in [0.29, 0.717) is 21.4 Å². The molecule has 8 heteroatoms. The molecule has 0 bridgehead atoms. The monoisotopic (exact) mass is 414 g/mol. The van der Waals surface area contributed by atoms with Gasteiger partial charge in [0.05, 0.1) is 12.2 Å². The summed E-state index contributed by atoms with van der Waals surface area (Å²) in [6.45, 7) is 0. The molecule has 0 aliphatic carbocycles. The Kier molecular flexibility index (Phi) is 5.27. The highest BCUT2D eigenvalue weighted by molar-refractivity contribution is 9.11. The molecule has 2 aromatic rings. The molecule has 1 aromatic carbocycles. The first kappa shape index (κ1) is 15.9. The molecule has 1 amide bonds. The number of halogens is 2. The average Bonchev–Trinajstić information content (AvgIpc) is 2.44. The minimum atomic E-state index is -0.730. The van der Waals surface area contributed by atoms with Crippen LogP contribution in [0.3, 0.4) is 0 Å². The number of carbonyl (C=O) groups is 1. The minimum Gasteiger partial charge on any atom is -0.508 e. The number of anilines is 1. The van der Waals surface area contributed by atoms with E-state index < -0.39 is 6.04 Å². The molecule has 4 N–H and O–H groups in total. The van der Waals surface area contributed by atoms with Crippen LogP contribution in [0.25, 0.3) is 0 Å². The topological polar surface area (TPSA) is 101 Å². The quantitative estimate of drug-likeness (QED) is 0.710. The number of hydrogen-bond acceptors (Lipinski definition) is 5. The average molecular weight is 416 g/mol. The number of aromatic hydroxyl groups is 1. The maximum absolute atomic E-state index is 12.0. The third-order valence-electron chi connectivity index (χ3n) is 2.67. The number of nitrogens with one attached hydrogen (secondary N) is 1. The van der Waals surface area contributed by atoms with Crippen molar-refractivity contribution in [3.05, 3.63) is 45.2 Å². The summed E-state index contributed by atoms with van der Waals surface area (Å²) in [4.78, 5) is 20.1. The van der Waals surface area contributed by atoms with Gasteiger partial charge in [0, 0.05) is 0 Å². The lowest BCUT2D eigenvalue weighted by Crippen LogP contribution is -2.37. The summed E-state index contributed by atoms with van der Waals surface area (Å²) in [6, 6.07) is 5.82. The highest BCUT2D eigenvalue weighted by atomic mass is 79.9. The van der Waals surface area contributed by atoms with Crippen molar-refractivity contribution in [1.29, 1.82) is 0 Å². The first-order chi connectivity index (χ1) is 9.95. The Morgan fingerprint density at radius 3 is 2.62 bits per heavy atom. The molecule has 0 aliphatic rings. The molecule has 1 aromatic heterocycles. The summed E-state index contributed by atoms with van der Waals surface area (Å²) < 4.78 is 0.975. The van der Waals surface area contributed by atoms with Gasteiger partial charge in [-0.3, -0.25) is 4.79 Å². The van der Waals surface area contributed by atoms with Gasteiger partial charge in [-0.1, -0.05) is 12.1 Å². The molecular formula is C13H12Br2N4O2. The molecule has 0 fully saturated rings. The zero-order chi connectivity index (χ0) is 15.4. The van der Waals surface area contributed by atoms with Crippen molar-refractivity contribution in [2.75, 3.05) is 5.32 Å². The number of nitrogens with zero attached hydrogens (tertiary/aromatic N) is 2. The standard InChI is InChI=1S/C13H12Br2N4O2/c14-10-6-17-12(11(15)18-10)19-13(21)9(16)5-7-1-3-8(20)4-2-7/h1-4,6,9,20H,5,16H2,(H,17,19,21)/t9-/m1/s1. The molecule has 1 heterocycles. The van der Waals surface area contributed by atoms with Gasteiger partial charge in [-0.05, 0) is 56.0 Å². The van der Waals surface area contributed by atoms with Crippen LogP contribution in [0, 0.1) is 0 Å². The van der Waals surface area contributed by atoms with Crippen LogP contribution >= 0.6 is 31.9 Å². The largest absolute Gasteiger partial charge is 0.508 e. The number of hydrogen-bond donors (Lipinski definition) is 3. The van der Waals surface area contributed by atoms with E-state index in [0.717, 1.165) is 5.56 Å². The number of phenolic OH excluding ortho intramolecular Hbond substituents is 1. The third kappa shape index (κ3) is 4.48. The fourth-order valence-corrected chi connectivity index (χ4v) is 2.53. The molecular weight excluding hydrogens is 404 g/mol. The van der Waals surface area contributed by atoms with Crippen LogP contribution in [0.2, 0.25) is 0 Å². The van der Waals surface area contributed by atoms with Crippen molar-refractivity contribution in [2.45, 2.75) is 12.5 Å². The molecule has 110 valence electrons. The summed E-state index contributed by atoms with van der Waals surface area (Å²) in [7, 11) is 0. The molecule has 0 unspecified atom stereocenters. The predicted molar refractivity (Wildman–Crippen MR) is 85.8 cm³/mol. The van der Waals surface area contributed by atoms with Gasteiger partial charge in [-0.25, -0.2) is 9.97 Å². The van der Waals surface area contributed by atoms with Crippen molar-refractivity contribution < 1.29 is 9.90 Å². The van der Waals surface area contributed by atoms with Gasteiger partial charge in [0.1, 0.15) is 15.0 Å². The SMILES string of the molecule is N[C@H](Cc1ccc(O)cc1)C(=O)Nc1ncc(Br)nc1Br. The second-order valence-electron chi connectivity index (χ2n) is 4.30. The molecule has 0 saturated heterocycles. The third-order valence-corrected chi connectivity index (χ3v) is 3.61. The Hall–Kier alpha value is -1.51. The minimum absolute atomic E-state index is 0.172. The highest BCUT2D eigenvalue weighted by Crippen LogP contribution is 2.19. The smallest absolute Gasteiger partial charge is 0.242 e. The number of aromatic nitrogens is 2. The predicted octanol–water partition coefficient (Wildman–Crippen LogP) is 2.22. The van der Waals surface area contributed by atoms with Gasteiger partial charge >= 0.3 is 0 Å². The van der Waals surface area contributed by atoms with Crippen LogP contribution in [0.4, 0.5) is 5.82 Å². The van der Waals surface area contributed by atoms with Crippen molar-refractivity contribution >= 4 is 43.6 Å². The van der Waals surface area contributed by atoms with Gasteiger partial charge in [0.2, 0.25) is 5.91 Å². The lowest BCUT2D eigenvalue weighted by molar-refractivity contribution is -0.117. The number of benzene rings is 1. The molecule has 6 nitrogen and oxygen atoms in total. The summed E-state index contributed by atoms with van der Waals surface area (Å²) in [5.41, 5.74) is 6.73. The Balaban J connectivity index is 2.00. The van der Waals surface area contributed by atoms with E-state index >= 15 is 0 Å². The molecule has 21 heavy (non-hydrogen) atoms. The summed E-state index contributed by atoms with van der Waals surface area (Å²) in [5.74, 6) is 0.121. The van der Waals surface area contributed by atoms with Gasteiger partial charge in [0.25, 0.3) is 0 Å². The second-order valence-corrected chi connectivity index (χ2v) is 5.86. The fraction of sp³-hybridized carbons (Fsp3) is 0.154. The van der Waals surface area contributed by atoms with Crippen molar-refractivity contribution in [3.8, 4) is 5.75 Å². The van der Waals surface area contributed by atoms with Crippen molar-refractivity contribution in [1.82, 2.24) is 9.97 Å². The number of amides is 1. The lowest BCUT2D eigenvalue weighted by Gasteiger charge is -2.12. The maximum atomic E-state index is 12.0. The molecule has 0 radical (unpaired) electrons. The number of rotatable bonds is 4. The summed E-state index contributed by atoms with van der Waals surface area (Å²) in [5, 5.41) is 11.8. The Morgan fingerprint density at radius 2 is 2.00 bits per heavy atom. The number of carbonyl (C=O) groups excluding carboxylic acids is 1. The van der Waals surface area contributed by atoms with E-state index in [9.17, 15) is 9.90 Å². The first-order valence-electron chi connectivity index (χ1n) is 5.98. The number of phenols is 1. The van der Waals surface area contributed by atoms with Gasteiger partial charge in [-0.15, -0.1) is 0 Å². The van der Waals surface area contributed by atoms with Crippen LogP contribution in [0.15, 0.2) is 39.7 Å². The zero-order valence-corrected chi connectivity index (χ0v) is 13.9. The van der Waals surface area contributed by atoms with E-state index in [1.807, 2.05) is 0 Å². The fourth-order valence-electron chi connectivity index (χ4n) is 1.62.